The van der Waals surface area contributed by atoms with Crippen LogP contribution in [-0.2, 0) is 11.2 Å². The summed E-state index contributed by atoms with van der Waals surface area (Å²) in [7, 11) is 0. The molecule has 0 bridgehead atoms. The second kappa shape index (κ2) is 9.91. The van der Waals surface area contributed by atoms with E-state index in [4.69, 9.17) is 0 Å². The molecule has 0 unspecified atom stereocenters. The van der Waals surface area contributed by atoms with Crippen LogP contribution in [0.15, 0.2) is 24.3 Å². The number of anilines is 1. The molecule has 0 saturated carbocycles. The van der Waals surface area contributed by atoms with Crippen molar-refractivity contribution in [2.45, 2.75) is 73.8 Å². The largest absolute Gasteiger partial charge is 0.460 e. The summed E-state index contributed by atoms with van der Waals surface area (Å²) in [6.45, 7) is 1.77. The highest BCUT2D eigenvalue weighted by Gasteiger charge is 2.95. The van der Waals surface area contributed by atoms with Crippen LogP contribution in [-0.4, -0.2) is 53.5 Å². The van der Waals surface area contributed by atoms with Crippen LogP contribution in [0.25, 0.3) is 0 Å². The van der Waals surface area contributed by atoms with Crippen molar-refractivity contribution in [3.05, 3.63) is 29.8 Å². The van der Waals surface area contributed by atoms with Gasteiger partial charge >= 0.3 is 53.5 Å². The van der Waals surface area contributed by atoms with Gasteiger partial charge in [0.25, 0.3) is 0 Å². The number of alkyl halides is 17. The fraction of sp³-hybridized carbons (Fsp3) is 0.632. The van der Waals surface area contributed by atoms with E-state index in [1.54, 1.807) is 6.92 Å². The first-order valence-corrected chi connectivity index (χ1v) is 9.80. The molecule has 0 heterocycles. The summed E-state index contributed by atoms with van der Waals surface area (Å²) in [5, 5.41) is 0.857. The summed E-state index contributed by atoms with van der Waals surface area (Å²) < 4.78 is 225. The lowest BCUT2D eigenvalue weighted by Crippen LogP contribution is -2.75. The van der Waals surface area contributed by atoms with Gasteiger partial charge < -0.3 is 5.32 Å². The first kappa shape index (κ1) is 33.5. The summed E-state index contributed by atoms with van der Waals surface area (Å²) in [5.41, 5.74) is -0.380. The van der Waals surface area contributed by atoms with Gasteiger partial charge in [-0.05, 0) is 30.5 Å². The summed E-state index contributed by atoms with van der Waals surface area (Å²) in [5.74, 6) is -61.6. The standard InChI is InChI=1S/C19H14F17NO/c1-2-3-4-9-5-7-10(8-6-9)37-11(38)12(20,21)13(22,23)14(24,25)15(26,27)16(28,29)17(30,31)18(32,33)19(34,35)36/h5-8H,2-4H2,1H3,(H,37,38). The lowest BCUT2D eigenvalue weighted by Gasteiger charge is -2.42. The molecule has 1 N–H and O–H groups in total. The molecule has 0 fully saturated rings. The number of aryl methyl sites for hydroxylation is 1. The SMILES string of the molecule is CCCCc1ccc(NC(=O)C(F)(F)C(F)(F)C(F)(F)C(F)(F)C(F)(F)C(F)(F)C(F)(F)C(F)(F)F)cc1. The van der Waals surface area contributed by atoms with Gasteiger partial charge in [0.15, 0.2) is 0 Å². The molecule has 19 heteroatoms. The number of carbonyl (C=O) groups is 1. The molecule has 38 heavy (non-hydrogen) atoms. The Morgan fingerprint density at radius 1 is 0.605 bits per heavy atom. The number of benzene rings is 1. The van der Waals surface area contributed by atoms with E-state index in [1.165, 1.54) is 0 Å². The number of unbranched alkanes of at least 4 members (excludes halogenated alkanes) is 1. The molecule has 220 valence electrons. The molecule has 0 aliphatic heterocycles. The van der Waals surface area contributed by atoms with Crippen molar-refractivity contribution in [3.8, 4) is 0 Å². The number of halogens is 17. The molecule has 1 amide bonds. The molecule has 1 aromatic carbocycles. The Labute approximate surface area is 201 Å². The van der Waals surface area contributed by atoms with Crippen LogP contribution >= 0.6 is 0 Å². The van der Waals surface area contributed by atoms with Crippen molar-refractivity contribution in [3.63, 3.8) is 0 Å². The van der Waals surface area contributed by atoms with Crippen molar-refractivity contribution < 1.29 is 79.4 Å². The van der Waals surface area contributed by atoms with Gasteiger partial charge in [-0.25, -0.2) is 0 Å². The van der Waals surface area contributed by atoms with E-state index in [0.717, 1.165) is 29.6 Å². The van der Waals surface area contributed by atoms with Crippen LogP contribution in [0, 0.1) is 0 Å². The number of amides is 1. The quantitative estimate of drug-likeness (QED) is 0.259. The van der Waals surface area contributed by atoms with Crippen LogP contribution in [0.2, 0.25) is 0 Å². The van der Waals surface area contributed by atoms with Crippen LogP contribution < -0.4 is 5.32 Å². The number of nitrogens with one attached hydrogen (secondary N) is 1. The third-order valence-electron chi connectivity index (χ3n) is 5.04. The molecule has 0 aliphatic carbocycles. The average Bonchev–Trinajstić information content (AvgIpc) is 2.76. The van der Waals surface area contributed by atoms with Gasteiger partial charge in [-0.2, -0.15) is 74.6 Å². The van der Waals surface area contributed by atoms with Crippen LogP contribution in [0.1, 0.15) is 25.3 Å². The number of rotatable bonds is 11. The second-order valence-corrected chi connectivity index (χ2v) is 7.77. The van der Waals surface area contributed by atoms with Crippen molar-refractivity contribution in [1.29, 1.82) is 0 Å². The zero-order chi connectivity index (χ0) is 30.4. The van der Waals surface area contributed by atoms with Crippen molar-refractivity contribution in [2.24, 2.45) is 0 Å². The molecular weight excluding hydrogens is 581 g/mol. The summed E-state index contributed by atoms with van der Waals surface area (Å²) in [6, 6.07) is 3.68. The van der Waals surface area contributed by atoms with E-state index in [1.807, 2.05) is 0 Å². The highest BCUT2D eigenvalue weighted by molar-refractivity contribution is 5.97. The highest BCUT2D eigenvalue weighted by Crippen LogP contribution is 2.64. The van der Waals surface area contributed by atoms with E-state index in [2.05, 4.69) is 0 Å². The normalized spacial score (nSPS) is 15.0. The van der Waals surface area contributed by atoms with Gasteiger partial charge in [0.05, 0.1) is 0 Å². The van der Waals surface area contributed by atoms with Gasteiger partial charge in [-0.3, -0.25) is 4.79 Å². The van der Waals surface area contributed by atoms with Crippen molar-refractivity contribution >= 4 is 11.6 Å². The van der Waals surface area contributed by atoms with Gasteiger partial charge in [0, 0.05) is 5.69 Å². The Morgan fingerprint density at radius 3 is 1.34 bits per heavy atom. The molecule has 0 aliphatic rings. The Balaban J connectivity index is 3.45. The Morgan fingerprint density at radius 2 is 0.974 bits per heavy atom. The molecule has 0 radical (unpaired) electrons. The molecule has 0 atom stereocenters. The molecule has 1 aromatic rings. The fourth-order valence-corrected chi connectivity index (χ4v) is 2.65. The molecule has 0 saturated heterocycles. The predicted octanol–water partition coefficient (Wildman–Crippen LogP) is 7.98. The highest BCUT2D eigenvalue weighted by atomic mass is 19.4. The van der Waals surface area contributed by atoms with E-state index in [-0.39, 0.29) is 0 Å². The van der Waals surface area contributed by atoms with E-state index >= 15 is 0 Å². The van der Waals surface area contributed by atoms with Crippen LogP contribution in [0.3, 0.4) is 0 Å². The number of carbonyl (C=O) groups excluding carboxylic acids is 1. The fourth-order valence-electron chi connectivity index (χ4n) is 2.65. The monoisotopic (exact) mass is 595 g/mol. The molecule has 1 rings (SSSR count). The molecule has 0 aromatic heterocycles. The third-order valence-corrected chi connectivity index (χ3v) is 5.04. The molecular formula is C19H14F17NO. The van der Waals surface area contributed by atoms with Crippen molar-refractivity contribution in [1.82, 2.24) is 0 Å². The molecule has 2 nitrogen and oxygen atoms in total. The third kappa shape index (κ3) is 4.96. The smallest absolute Gasteiger partial charge is 0.321 e. The summed E-state index contributed by atoms with van der Waals surface area (Å²) >= 11 is 0. The average molecular weight is 595 g/mol. The van der Waals surface area contributed by atoms with Gasteiger partial charge in [0.2, 0.25) is 0 Å². The minimum Gasteiger partial charge on any atom is -0.321 e. The van der Waals surface area contributed by atoms with Crippen LogP contribution in [0.5, 0.6) is 0 Å². The van der Waals surface area contributed by atoms with E-state index < -0.39 is 59.2 Å². The second-order valence-electron chi connectivity index (χ2n) is 7.77. The maximum Gasteiger partial charge on any atom is 0.460 e. The predicted molar refractivity (Wildman–Crippen MR) is 94.4 cm³/mol. The van der Waals surface area contributed by atoms with Crippen LogP contribution in [0.4, 0.5) is 80.3 Å². The lowest BCUT2D eigenvalue weighted by atomic mass is 9.89. The lowest BCUT2D eigenvalue weighted by molar-refractivity contribution is -0.459. The van der Waals surface area contributed by atoms with Gasteiger partial charge in [0.1, 0.15) is 0 Å². The van der Waals surface area contributed by atoms with Gasteiger partial charge in [-0.15, -0.1) is 0 Å². The maximum atomic E-state index is 13.9. The zero-order valence-electron chi connectivity index (χ0n) is 18.3. The summed E-state index contributed by atoms with van der Waals surface area (Å²) in [6.07, 6.45) is -6.18. The van der Waals surface area contributed by atoms with Crippen molar-refractivity contribution in [2.75, 3.05) is 5.32 Å². The van der Waals surface area contributed by atoms with E-state index in [9.17, 15) is 79.4 Å². The topological polar surface area (TPSA) is 29.1 Å². The first-order chi connectivity index (χ1) is 16.7. The van der Waals surface area contributed by atoms with Gasteiger partial charge in [-0.1, -0.05) is 25.5 Å². The van der Waals surface area contributed by atoms with E-state index in [0.29, 0.717) is 24.8 Å². The minimum absolute atomic E-state index is 0.381. The zero-order valence-corrected chi connectivity index (χ0v) is 18.3. The summed E-state index contributed by atoms with van der Waals surface area (Å²) in [4.78, 5) is 11.5. The first-order valence-electron chi connectivity index (χ1n) is 9.80. The Bertz CT molecular complexity index is 982. The Hall–Kier alpha value is -2.50. The Kier molecular flexibility index (Phi) is 8.75. The molecule has 0 spiro atoms. The maximum absolute atomic E-state index is 13.9. The minimum atomic E-state index is -8.74. The number of hydrogen-bond donors (Lipinski definition) is 1. The number of hydrogen-bond acceptors (Lipinski definition) is 1.